The van der Waals surface area contributed by atoms with Crippen LogP contribution in [0.25, 0.3) is 0 Å². The topological polar surface area (TPSA) is 55.4 Å². The van der Waals surface area contributed by atoms with E-state index < -0.39 is 12.0 Å². The van der Waals surface area contributed by atoms with Gasteiger partial charge in [-0.2, -0.15) is 0 Å². The van der Waals surface area contributed by atoms with Gasteiger partial charge in [-0.1, -0.05) is 12.1 Å². The number of methoxy groups -OCH3 is 1. The van der Waals surface area contributed by atoms with Crippen molar-refractivity contribution in [3.05, 3.63) is 30.1 Å². The van der Waals surface area contributed by atoms with Gasteiger partial charge >= 0.3 is 5.97 Å². The Morgan fingerprint density at radius 1 is 1.42 bits per heavy atom. The molecule has 104 valence electrons. The van der Waals surface area contributed by atoms with Gasteiger partial charge in [-0.3, -0.25) is 4.79 Å². The zero-order valence-electron chi connectivity index (χ0n) is 10.8. The molecule has 6 heteroatoms. The summed E-state index contributed by atoms with van der Waals surface area (Å²) in [5, 5.41) is 2.51. The number of esters is 1. The molecule has 0 aromatic heterocycles. The standard InChI is InChI=1S/C13H16FNO3S/c1-9(13(17)18-2)15-12(16)7-8-19-11-6-4-3-5-10(11)14/h3-6,9H,7-8H2,1-2H3,(H,15,16)/t9-/m0/s1. The predicted molar refractivity (Wildman–Crippen MR) is 71.4 cm³/mol. The third-order valence-corrected chi connectivity index (χ3v) is 3.41. The molecule has 4 nitrogen and oxygen atoms in total. The quantitative estimate of drug-likeness (QED) is 0.641. The van der Waals surface area contributed by atoms with Crippen LogP contribution in [0.2, 0.25) is 0 Å². The monoisotopic (exact) mass is 285 g/mol. The summed E-state index contributed by atoms with van der Waals surface area (Å²) in [4.78, 5) is 23.1. The van der Waals surface area contributed by atoms with Crippen molar-refractivity contribution in [1.82, 2.24) is 5.32 Å². The summed E-state index contributed by atoms with van der Waals surface area (Å²) in [7, 11) is 1.26. The molecule has 0 aliphatic heterocycles. The number of benzene rings is 1. The highest BCUT2D eigenvalue weighted by Gasteiger charge is 2.15. The molecule has 0 aliphatic rings. The molecule has 0 radical (unpaired) electrons. The lowest BCUT2D eigenvalue weighted by atomic mass is 10.3. The average Bonchev–Trinajstić information content (AvgIpc) is 2.40. The maximum atomic E-state index is 13.3. The molecule has 0 bridgehead atoms. The van der Waals surface area contributed by atoms with E-state index in [0.29, 0.717) is 10.6 Å². The van der Waals surface area contributed by atoms with Gasteiger partial charge in [0.1, 0.15) is 11.9 Å². The van der Waals surface area contributed by atoms with Crippen LogP contribution in [0.1, 0.15) is 13.3 Å². The molecule has 0 saturated carbocycles. The molecular formula is C13H16FNO3S. The van der Waals surface area contributed by atoms with Gasteiger partial charge in [-0.15, -0.1) is 11.8 Å². The van der Waals surface area contributed by atoms with Gasteiger partial charge in [0.05, 0.1) is 7.11 Å². The molecule has 0 saturated heterocycles. The van der Waals surface area contributed by atoms with Crippen molar-refractivity contribution in [3.63, 3.8) is 0 Å². The van der Waals surface area contributed by atoms with Gasteiger partial charge in [0.2, 0.25) is 5.91 Å². The van der Waals surface area contributed by atoms with Gasteiger partial charge in [0.15, 0.2) is 0 Å². The van der Waals surface area contributed by atoms with Crippen molar-refractivity contribution in [2.45, 2.75) is 24.3 Å². The van der Waals surface area contributed by atoms with Gasteiger partial charge in [-0.25, -0.2) is 9.18 Å². The molecule has 0 spiro atoms. The van der Waals surface area contributed by atoms with E-state index in [2.05, 4.69) is 10.1 Å². The Balaban J connectivity index is 2.32. The Kier molecular flexibility index (Phi) is 6.35. The highest BCUT2D eigenvalue weighted by atomic mass is 32.2. The maximum absolute atomic E-state index is 13.3. The Labute approximate surface area is 115 Å². The van der Waals surface area contributed by atoms with E-state index in [0.717, 1.165) is 0 Å². The fourth-order valence-corrected chi connectivity index (χ4v) is 2.25. The number of halogens is 1. The van der Waals surface area contributed by atoms with Crippen LogP contribution >= 0.6 is 11.8 Å². The Bertz CT molecular complexity index is 453. The first-order valence-corrected chi connectivity index (χ1v) is 6.77. The van der Waals surface area contributed by atoms with E-state index in [1.54, 1.807) is 25.1 Å². The molecule has 1 rings (SSSR count). The van der Waals surface area contributed by atoms with E-state index >= 15 is 0 Å². The first-order chi connectivity index (χ1) is 9.04. The lowest BCUT2D eigenvalue weighted by molar-refractivity contribution is -0.144. The van der Waals surface area contributed by atoms with Crippen molar-refractivity contribution in [2.24, 2.45) is 0 Å². The number of hydrogen-bond donors (Lipinski definition) is 1. The highest BCUT2D eigenvalue weighted by Crippen LogP contribution is 2.21. The normalized spacial score (nSPS) is 11.7. The summed E-state index contributed by atoms with van der Waals surface area (Å²) in [5.41, 5.74) is 0. The number of carbonyl (C=O) groups is 2. The van der Waals surface area contributed by atoms with Crippen molar-refractivity contribution < 1.29 is 18.7 Å². The number of hydrogen-bond acceptors (Lipinski definition) is 4. The molecule has 0 aliphatic carbocycles. The van der Waals surface area contributed by atoms with Crippen molar-refractivity contribution in [1.29, 1.82) is 0 Å². The molecule has 1 aromatic rings. The van der Waals surface area contributed by atoms with Crippen molar-refractivity contribution >= 4 is 23.6 Å². The van der Waals surface area contributed by atoms with Crippen LogP contribution in [-0.2, 0) is 14.3 Å². The lowest BCUT2D eigenvalue weighted by Crippen LogP contribution is -2.39. The van der Waals surface area contributed by atoms with E-state index in [9.17, 15) is 14.0 Å². The summed E-state index contributed by atoms with van der Waals surface area (Å²) in [6.45, 7) is 1.55. The average molecular weight is 285 g/mol. The minimum absolute atomic E-state index is 0.209. The van der Waals surface area contributed by atoms with Crippen LogP contribution in [0.4, 0.5) is 4.39 Å². The second kappa shape index (κ2) is 7.78. The largest absolute Gasteiger partial charge is 0.467 e. The molecule has 1 aromatic carbocycles. The van der Waals surface area contributed by atoms with Crippen LogP contribution in [0.15, 0.2) is 29.2 Å². The maximum Gasteiger partial charge on any atom is 0.328 e. The van der Waals surface area contributed by atoms with Gasteiger partial charge in [0.25, 0.3) is 0 Å². The molecule has 0 heterocycles. The number of carbonyl (C=O) groups excluding carboxylic acids is 2. The first-order valence-electron chi connectivity index (χ1n) is 5.79. The zero-order valence-corrected chi connectivity index (χ0v) is 11.6. The lowest BCUT2D eigenvalue weighted by Gasteiger charge is -2.11. The number of thioether (sulfide) groups is 1. The summed E-state index contributed by atoms with van der Waals surface area (Å²) < 4.78 is 17.8. The molecule has 19 heavy (non-hydrogen) atoms. The van der Waals surface area contributed by atoms with Crippen molar-refractivity contribution in [3.8, 4) is 0 Å². The molecule has 1 atom stereocenters. The second-order valence-electron chi connectivity index (χ2n) is 3.84. The second-order valence-corrected chi connectivity index (χ2v) is 4.98. The number of rotatable bonds is 6. The molecular weight excluding hydrogens is 269 g/mol. The van der Waals surface area contributed by atoms with Crippen LogP contribution in [0.3, 0.4) is 0 Å². The fraction of sp³-hybridized carbons (Fsp3) is 0.385. The van der Waals surface area contributed by atoms with E-state index in [4.69, 9.17) is 0 Å². The summed E-state index contributed by atoms with van der Waals surface area (Å²) in [5.74, 6) is -0.603. The Morgan fingerprint density at radius 2 is 2.11 bits per heavy atom. The molecule has 0 unspecified atom stereocenters. The minimum atomic E-state index is -0.670. The predicted octanol–water partition coefficient (Wildman–Crippen LogP) is 1.99. The first kappa shape index (κ1) is 15.5. The third kappa shape index (κ3) is 5.30. The summed E-state index contributed by atoms with van der Waals surface area (Å²) in [6, 6.07) is 5.72. The number of nitrogens with one attached hydrogen (secondary N) is 1. The summed E-state index contributed by atoms with van der Waals surface area (Å²) >= 11 is 1.26. The highest BCUT2D eigenvalue weighted by molar-refractivity contribution is 7.99. The molecule has 0 fully saturated rings. The van der Waals surface area contributed by atoms with E-state index in [-0.39, 0.29) is 18.1 Å². The molecule has 1 N–H and O–H groups in total. The summed E-state index contributed by atoms with van der Waals surface area (Å²) in [6.07, 6.45) is 0.209. The fourth-order valence-electron chi connectivity index (χ4n) is 1.36. The molecule has 1 amide bonds. The number of amides is 1. The number of ether oxygens (including phenoxy) is 1. The SMILES string of the molecule is COC(=O)[C@H](C)NC(=O)CCSc1ccccc1F. The van der Waals surface area contributed by atoms with Crippen LogP contribution < -0.4 is 5.32 Å². The third-order valence-electron chi connectivity index (χ3n) is 2.36. The zero-order chi connectivity index (χ0) is 14.3. The van der Waals surface area contributed by atoms with Gasteiger partial charge in [-0.05, 0) is 19.1 Å². The van der Waals surface area contributed by atoms with Gasteiger partial charge < -0.3 is 10.1 Å². The van der Waals surface area contributed by atoms with Gasteiger partial charge in [0, 0.05) is 17.1 Å². The smallest absolute Gasteiger partial charge is 0.328 e. The van der Waals surface area contributed by atoms with Crippen LogP contribution in [0, 0.1) is 5.82 Å². The van der Waals surface area contributed by atoms with Crippen LogP contribution in [0.5, 0.6) is 0 Å². The Hall–Kier alpha value is -1.56. The van der Waals surface area contributed by atoms with Crippen molar-refractivity contribution in [2.75, 3.05) is 12.9 Å². The van der Waals surface area contributed by atoms with E-state index in [1.807, 2.05) is 0 Å². The van der Waals surface area contributed by atoms with Crippen LogP contribution in [-0.4, -0.2) is 30.8 Å². The minimum Gasteiger partial charge on any atom is -0.467 e. The van der Waals surface area contributed by atoms with E-state index in [1.165, 1.54) is 24.9 Å². The Morgan fingerprint density at radius 3 is 2.74 bits per heavy atom.